The van der Waals surface area contributed by atoms with Gasteiger partial charge in [-0.05, 0) is 38.5 Å². The lowest BCUT2D eigenvalue weighted by Crippen LogP contribution is -2.52. The van der Waals surface area contributed by atoms with E-state index in [0.29, 0.717) is 19.6 Å². The lowest BCUT2D eigenvalue weighted by Gasteiger charge is -2.31. The second-order valence-corrected chi connectivity index (χ2v) is 9.40. The maximum Gasteiger partial charge on any atom is 0.136 e. The quantitative estimate of drug-likeness (QED) is 0.631. The summed E-state index contributed by atoms with van der Waals surface area (Å²) >= 11 is -1.22. The molecule has 2 aromatic rings. The maximum absolute atomic E-state index is 12.7. The Morgan fingerprint density at radius 2 is 1.81 bits per heavy atom. The molecular weight excluding hydrogens is 360 g/mol. The van der Waals surface area contributed by atoms with Crippen molar-refractivity contribution in [2.24, 2.45) is 0 Å². The third-order valence-corrected chi connectivity index (χ3v) is 5.74. The minimum absolute atomic E-state index is 0.180. The Kier molecular flexibility index (Phi) is 8.73. The Balaban J connectivity index is 2.03. The molecule has 0 amide bonds. The average molecular weight is 391 g/mol. The molecule has 0 saturated carbocycles. The van der Waals surface area contributed by atoms with Crippen molar-refractivity contribution in [3.8, 4) is 0 Å². The Bertz CT molecular complexity index is 649. The summed E-state index contributed by atoms with van der Waals surface area (Å²) in [5, 5.41) is 0. The van der Waals surface area contributed by atoms with E-state index in [1.54, 1.807) is 13.3 Å². The molecule has 0 unspecified atom stereocenters. The van der Waals surface area contributed by atoms with E-state index < -0.39 is 11.4 Å². The summed E-state index contributed by atoms with van der Waals surface area (Å²) in [6.07, 6.45) is 2.12. The van der Waals surface area contributed by atoms with Gasteiger partial charge in [-0.1, -0.05) is 36.4 Å². The minimum Gasteiger partial charge on any atom is -0.598 e. The zero-order valence-corrected chi connectivity index (χ0v) is 17.4. The Morgan fingerprint density at radius 3 is 2.41 bits per heavy atom. The summed E-state index contributed by atoms with van der Waals surface area (Å²) < 4.78 is 27.1. The molecule has 0 fully saturated rings. The molecule has 1 aromatic heterocycles. The molecule has 0 aliphatic rings. The molecule has 1 N–H and O–H groups in total. The van der Waals surface area contributed by atoms with Crippen LogP contribution in [0.4, 0.5) is 0 Å². The van der Waals surface area contributed by atoms with Gasteiger partial charge >= 0.3 is 0 Å². The highest BCUT2D eigenvalue weighted by molar-refractivity contribution is 7.90. The van der Waals surface area contributed by atoms with Crippen molar-refractivity contribution >= 4 is 11.4 Å². The van der Waals surface area contributed by atoms with Gasteiger partial charge in [0.15, 0.2) is 0 Å². The molecule has 148 valence electrons. The Hall–Kier alpha value is -1.44. The number of rotatable bonds is 10. The zero-order chi connectivity index (χ0) is 19.7. The molecule has 0 saturated heterocycles. The first-order valence-corrected chi connectivity index (χ1v) is 10.3. The fourth-order valence-corrected chi connectivity index (χ4v) is 3.39. The van der Waals surface area contributed by atoms with Gasteiger partial charge in [0.05, 0.1) is 19.3 Å². The highest BCUT2D eigenvalue weighted by Crippen LogP contribution is 2.17. The average Bonchev–Trinajstić information content (AvgIpc) is 2.65. The van der Waals surface area contributed by atoms with Gasteiger partial charge in [0.2, 0.25) is 0 Å². The third kappa shape index (κ3) is 7.60. The standard InChI is InChI=1S/C21H30N2O3S/c1-21(2,3)27(24)23-19(14-18-12-8-9-13-22-18)20(25-4)16-26-15-17-10-6-5-7-11-17/h5-13,19-20,23H,14-16H2,1-4H3/t19-,20+,27-/m1/s1. The molecule has 5 nitrogen and oxygen atoms in total. The van der Waals surface area contributed by atoms with Gasteiger partial charge in [0.1, 0.15) is 10.9 Å². The number of benzene rings is 1. The Labute approximate surface area is 165 Å². The van der Waals surface area contributed by atoms with Crippen LogP contribution in [0.5, 0.6) is 0 Å². The molecule has 1 heterocycles. The molecule has 0 aliphatic carbocycles. The third-order valence-electron chi connectivity index (χ3n) is 4.12. The SMILES string of the molecule is CO[C@@H](COCc1ccccc1)[C@@H](Cc1ccccn1)N[S@+]([O-])C(C)(C)C. The van der Waals surface area contributed by atoms with Gasteiger partial charge in [0.25, 0.3) is 0 Å². The molecule has 0 bridgehead atoms. The second-order valence-electron chi connectivity index (χ2n) is 7.41. The zero-order valence-electron chi connectivity index (χ0n) is 16.6. The molecule has 27 heavy (non-hydrogen) atoms. The number of aromatic nitrogens is 1. The summed E-state index contributed by atoms with van der Waals surface area (Å²) in [7, 11) is 1.66. The molecule has 2 rings (SSSR count). The fraction of sp³-hybridized carbons (Fsp3) is 0.476. The van der Waals surface area contributed by atoms with Gasteiger partial charge in [-0.3, -0.25) is 4.98 Å². The number of hydrogen-bond acceptors (Lipinski definition) is 5. The summed E-state index contributed by atoms with van der Waals surface area (Å²) in [5.41, 5.74) is 2.03. The molecule has 3 atom stereocenters. The topological polar surface area (TPSA) is 66.4 Å². The van der Waals surface area contributed by atoms with Crippen LogP contribution in [-0.4, -0.2) is 40.1 Å². The molecule has 0 spiro atoms. The number of pyridine rings is 1. The lowest BCUT2D eigenvalue weighted by molar-refractivity contribution is -0.0134. The van der Waals surface area contributed by atoms with E-state index in [-0.39, 0.29) is 16.9 Å². The van der Waals surface area contributed by atoms with Gasteiger partial charge in [-0.2, -0.15) is 0 Å². The molecule has 0 radical (unpaired) electrons. The first-order chi connectivity index (χ1) is 12.9. The van der Waals surface area contributed by atoms with E-state index in [4.69, 9.17) is 9.47 Å². The lowest BCUT2D eigenvalue weighted by atomic mass is 10.1. The molecule has 0 aliphatic heterocycles. The monoisotopic (exact) mass is 390 g/mol. The number of nitrogens with zero attached hydrogens (tertiary/aromatic N) is 1. The van der Waals surface area contributed by atoms with Crippen LogP contribution in [0.2, 0.25) is 0 Å². The van der Waals surface area contributed by atoms with E-state index in [0.717, 1.165) is 11.3 Å². The summed E-state index contributed by atoms with van der Waals surface area (Å²) in [6.45, 7) is 6.75. The fourth-order valence-electron chi connectivity index (χ4n) is 2.52. The Morgan fingerprint density at radius 1 is 1.11 bits per heavy atom. The maximum atomic E-state index is 12.7. The number of ether oxygens (including phenoxy) is 2. The second kappa shape index (κ2) is 10.8. The largest absolute Gasteiger partial charge is 0.598 e. The van der Waals surface area contributed by atoms with Crippen LogP contribution in [0.1, 0.15) is 32.0 Å². The summed E-state index contributed by atoms with van der Waals surface area (Å²) in [6, 6.07) is 15.6. The predicted octanol–water partition coefficient (Wildman–Crippen LogP) is 3.28. The van der Waals surface area contributed by atoms with E-state index in [2.05, 4.69) is 9.71 Å². The number of hydrogen-bond donors (Lipinski definition) is 1. The smallest absolute Gasteiger partial charge is 0.136 e. The first-order valence-electron chi connectivity index (χ1n) is 9.12. The predicted molar refractivity (Wildman–Crippen MR) is 110 cm³/mol. The highest BCUT2D eigenvalue weighted by Gasteiger charge is 2.33. The number of methoxy groups -OCH3 is 1. The molecule has 6 heteroatoms. The normalized spacial score (nSPS) is 15.3. The van der Waals surface area contributed by atoms with Crippen LogP contribution in [0.3, 0.4) is 0 Å². The van der Waals surface area contributed by atoms with Crippen molar-refractivity contribution in [3.63, 3.8) is 0 Å². The van der Waals surface area contributed by atoms with Crippen molar-refractivity contribution < 1.29 is 14.0 Å². The van der Waals surface area contributed by atoms with E-state index in [1.165, 1.54) is 0 Å². The minimum atomic E-state index is -1.22. The van der Waals surface area contributed by atoms with Crippen LogP contribution < -0.4 is 4.72 Å². The van der Waals surface area contributed by atoms with Crippen LogP contribution in [0.15, 0.2) is 54.7 Å². The molecular formula is C21H30N2O3S. The van der Waals surface area contributed by atoms with Crippen molar-refractivity contribution in [2.75, 3.05) is 13.7 Å². The highest BCUT2D eigenvalue weighted by atomic mass is 32.2. The van der Waals surface area contributed by atoms with Crippen molar-refractivity contribution in [1.29, 1.82) is 0 Å². The van der Waals surface area contributed by atoms with Crippen molar-refractivity contribution in [1.82, 2.24) is 9.71 Å². The van der Waals surface area contributed by atoms with E-state index >= 15 is 0 Å². The van der Waals surface area contributed by atoms with E-state index in [9.17, 15) is 4.55 Å². The van der Waals surface area contributed by atoms with E-state index in [1.807, 2.05) is 69.3 Å². The van der Waals surface area contributed by atoms with Gasteiger partial charge < -0.3 is 14.0 Å². The van der Waals surface area contributed by atoms with Gasteiger partial charge in [0, 0.05) is 36.8 Å². The van der Waals surface area contributed by atoms with Gasteiger partial charge in [-0.25, -0.2) is 0 Å². The van der Waals surface area contributed by atoms with Gasteiger partial charge in [-0.15, -0.1) is 4.72 Å². The number of nitrogens with one attached hydrogen (secondary N) is 1. The van der Waals surface area contributed by atoms with Crippen LogP contribution >= 0.6 is 0 Å². The molecule has 1 aromatic carbocycles. The first kappa shape index (κ1) is 21.9. The summed E-state index contributed by atoms with van der Waals surface area (Å²) in [4.78, 5) is 4.40. The van der Waals surface area contributed by atoms with Crippen LogP contribution in [-0.2, 0) is 33.9 Å². The van der Waals surface area contributed by atoms with Crippen molar-refractivity contribution in [3.05, 3.63) is 66.0 Å². The van der Waals surface area contributed by atoms with Crippen molar-refractivity contribution in [2.45, 2.75) is 50.7 Å². The summed E-state index contributed by atoms with van der Waals surface area (Å²) in [5.74, 6) is 0. The van der Waals surface area contributed by atoms with Crippen LogP contribution in [0, 0.1) is 0 Å². The van der Waals surface area contributed by atoms with Crippen LogP contribution in [0.25, 0.3) is 0 Å².